The molecule has 0 heterocycles. The highest BCUT2D eigenvalue weighted by Gasteiger charge is 2.00. The lowest BCUT2D eigenvalue weighted by Crippen LogP contribution is -1.97. The normalized spacial score (nSPS) is 12.4. The van der Waals surface area contributed by atoms with E-state index in [-0.39, 0.29) is 5.97 Å². The lowest BCUT2D eigenvalue weighted by Gasteiger charge is -2.02. The Kier molecular flexibility index (Phi) is 16.1. The van der Waals surface area contributed by atoms with Crippen molar-refractivity contribution in [2.45, 2.75) is 91.4 Å². The molecular weight excluding hydrogens is 284 g/mol. The van der Waals surface area contributed by atoms with Gasteiger partial charge in [-0.3, -0.25) is 0 Å². The Labute approximate surface area is 143 Å². The molecule has 0 fully saturated rings. The van der Waals surface area contributed by atoms with E-state index in [9.17, 15) is 4.79 Å². The van der Waals surface area contributed by atoms with Crippen molar-refractivity contribution in [3.05, 3.63) is 36.1 Å². The third-order valence-corrected chi connectivity index (χ3v) is 3.67. The molecule has 23 heavy (non-hydrogen) atoms. The summed E-state index contributed by atoms with van der Waals surface area (Å²) in [6.45, 7) is 6.52. The van der Waals surface area contributed by atoms with E-state index in [0.29, 0.717) is 0 Å². The van der Waals surface area contributed by atoms with Gasteiger partial charge in [-0.2, -0.15) is 0 Å². The van der Waals surface area contributed by atoms with Gasteiger partial charge in [0.15, 0.2) is 0 Å². The molecule has 132 valence electrons. The van der Waals surface area contributed by atoms with Gasteiger partial charge < -0.3 is 4.74 Å². The van der Waals surface area contributed by atoms with Gasteiger partial charge in [0.25, 0.3) is 0 Å². The Balaban J connectivity index is 4.12. The van der Waals surface area contributed by atoms with Gasteiger partial charge in [-0.1, -0.05) is 70.6 Å². The van der Waals surface area contributed by atoms with E-state index < -0.39 is 0 Å². The van der Waals surface area contributed by atoms with Gasteiger partial charge in [0.2, 0.25) is 0 Å². The van der Waals surface area contributed by atoms with Crippen molar-refractivity contribution in [1.29, 1.82) is 0 Å². The molecule has 0 rings (SSSR count). The number of rotatable bonds is 14. The molecule has 0 saturated heterocycles. The van der Waals surface area contributed by atoms with Crippen molar-refractivity contribution in [1.82, 2.24) is 0 Å². The molecule has 0 radical (unpaired) electrons. The number of carbonyl (C=O) groups excluding carboxylic acids is 1. The molecule has 0 aromatic rings. The largest absolute Gasteiger partial charge is 0.432 e. The molecule has 0 bridgehead atoms. The van der Waals surface area contributed by atoms with Crippen LogP contribution in [0.3, 0.4) is 0 Å². The van der Waals surface area contributed by atoms with Gasteiger partial charge in [0.05, 0.1) is 6.26 Å². The zero-order chi connectivity index (χ0) is 17.2. The van der Waals surface area contributed by atoms with Crippen molar-refractivity contribution >= 4 is 5.97 Å². The first kappa shape index (κ1) is 21.7. The predicted octanol–water partition coefficient (Wildman–Crippen LogP) is 6.88. The zero-order valence-electron chi connectivity index (χ0n) is 15.5. The highest BCUT2D eigenvalue weighted by molar-refractivity contribution is 5.83. The minimum Gasteiger partial charge on any atom is -0.432 e. The molecule has 0 aromatic carbocycles. The fraction of sp³-hybridized carbons (Fsp3) is 0.667. The fourth-order valence-corrected chi connectivity index (χ4v) is 2.30. The molecule has 0 atom stereocenters. The van der Waals surface area contributed by atoms with Gasteiger partial charge in [0.1, 0.15) is 0 Å². The number of hydrogen-bond acceptors (Lipinski definition) is 2. The summed E-state index contributed by atoms with van der Waals surface area (Å²) in [5, 5.41) is 0. The van der Waals surface area contributed by atoms with Crippen LogP contribution in [0.2, 0.25) is 0 Å². The first-order valence-electron chi connectivity index (χ1n) is 9.44. The standard InChI is InChI=1S/C21H36O2/c1-4-7-9-11-12-13-14-17-20(16-6-3)19-21(22)23-18-15-10-8-5-2/h13-15,18-19H,4-12,16-17H2,1-3H3. The topological polar surface area (TPSA) is 26.3 Å². The third-order valence-electron chi connectivity index (χ3n) is 3.67. The van der Waals surface area contributed by atoms with Crippen LogP contribution in [0.1, 0.15) is 91.4 Å². The number of ether oxygens (including phenoxy) is 1. The van der Waals surface area contributed by atoms with E-state index in [0.717, 1.165) is 50.5 Å². The van der Waals surface area contributed by atoms with Gasteiger partial charge in [0, 0.05) is 6.08 Å². The van der Waals surface area contributed by atoms with Gasteiger partial charge in [-0.05, 0) is 44.6 Å². The first-order valence-corrected chi connectivity index (χ1v) is 9.44. The molecule has 0 spiro atoms. The van der Waals surface area contributed by atoms with Crippen LogP contribution < -0.4 is 0 Å². The van der Waals surface area contributed by atoms with Crippen LogP contribution in [-0.2, 0) is 9.53 Å². The lowest BCUT2D eigenvalue weighted by molar-refractivity contribution is -0.132. The molecular formula is C21H36O2. The van der Waals surface area contributed by atoms with E-state index in [2.05, 4.69) is 32.9 Å². The minimum absolute atomic E-state index is 0.252. The van der Waals surface area contributed by atoms with Crippen molar-refractivity contribution in [2.24, 2.45) is 0 Å². The fourth-order valence-electron chi connectivity index (χ4n) is 2.30. The summed E-state index contributed by atoms with van der Waals surface area (Å²) in [6, 6.07) is 0. The van der Waals surface area contributed by atoms with Crippen molar-refractivity contribution in [3.8, 4) is 0 Å². The summed E-state index contributed by atoms with van der Waals surface area (Å²) in [6.07, 6.45) is 22.0. The highest BCUT2D eigenvalue weighted by Crippen LogP contribution is 2.12. The predicted molar refractivity (Wildman–Crippen MR) is 100 cm³/mol. The number of hydrogen-bond donors (Lipinski definition) is 0. The average molecular weight is 321 g/mol. The Morgan fingerprint density at radius 1 is 0.826 bits per heavy atom. The summed E-state index contributed by atoms with van der Waals surface area (Å²) >= 11 is 0. The van der Waals surface area contributed by atoms with Crippen LogP contribution in [0.25, 0.3) is 0 Å². The Hall–Kier alpha value is -1.31. The molecule has 0 unspecified atom stereocenters. The monoisotopic (exact) mass is 320 g/mol. The van der Waals surface area contributed by atoms with E-state index in [1.165, 1.54) is 31.9 Å². The zero-order valence-corrected chi connectivity index (χ0v) is 15.5. The van der Waals surface area contributed by atoms with E-state index in [1.807, 2.05) is 6.08 Å². The molecule has 2 nitrogen and oxygen atoms in total. The number of esters is 1. The lowest BCUT2D eigenvalue weighted by atomic mass is 10.1. The van der Waals surface area contributed by atoms with Gasteiger partial charge in [-0.25, -0.2) is 4.79 Å². The third kappa shape index (κ3) is 15.4. The summed E-state index contributed by atoms with van der Waals surface area (Å²) in [7, 11) is 0. The number of allylic oxidation sites excluding steroid dienone is 4. The van der Waals surface area contributed by atoms with Crippen molar-refractivity contribution in [3.63, 3.8) is 0 Å². The highest BCUT2D eigenvalue weighted by atomic mass is 16.5. The summed E-state index contributed by atoms with van der Waals surface area (Å²) in [5.41, 5.74) is 1.16. The molecule has 0 aromatic heterocycles. The van der Waals surface area contributed by atoms with E-state index >= 15 is 0 Å². The summed E-state index contributed by atoms with van der Waals surface area (Å²) < 4.78 is 5.12. The Bertz CT molecular complexity index is 364. The second-order valence-corrected chi connectivity index (χ2v) is 6.03. The second kappa shape index (κ2) is 17.1. The Morgan fingerprint density at radius 2 is 1.57 bits per heavy atom. The number of unbranched alkanes of at least 4 members (excludes halogenated alkanes) is 6. The molecule has 0 saturated carbocycles. The SMILES string of the molecule is CCCCC=COC(=O)C=C(CC=CCCCCCC)CCC. The van der Waals surface area contributed by atoms with Crippen LogP contribution in [0.5, 0.6) is 0 Å². The molecule has 0 amide bonds. The molecule has 2 heteroatoms. The number of carbonyl (C=O) groups is 1. The summed E-state index contributed by atoms with van der Waals surface area (Å²) in [4.78, 5) is 11.8. The van der Waals surface area contributed by atoms with Crippen LogP contribution in [0, 0.1) is 0 Å². The molecule has 0 N–H and O–H groups in total. The van der Waals surface area contributed by atoms with Gasteiger partial charge in [-0.15, -0.1) is 0 Å². The summed E-state index contributed by atoms with van der Waals surface area (Å²) in [5.74, 6) is -0.252. The minimum atomic E-state index is -0.252. The average Bonchev–Trinajstić information content (AvgIpc) is 2.54. The van der Waals surface area contributed by atoms with Crippen molar-refractivity contribution in [2.75, 3.05) is 0 Å². The maximum absolute atomic E-state index is 11.8. The maximum atomic E-state index is 11.8. The van der Waals surface area contributed by atoms with Crippen LogP contribution in [0.4, 0.5) is 0 Å². The van der Waals surface area contributed by atoms with Gasteiger partial charge >= 0.3 is 5.97 Å². The quantitative estimate of drug-likeness (QED) is 0.115. The van der Waals surface area contributed by atoms with E-state index in [4.69, 9.17) is 4.74 Å². The Morgan fingerprint density at radius 3 is 2.26 bits per heavy atom. The van der Waals surface area contributed by atoms with Crippen molar-refractivity contribution < 1.29 is 9.53 Å². The molecule has 0 aliphatic carbocycles. The smallest absolute Gasteiger partial charge is 0.335 e. The maximum Gasteiger partial charge on any atom is 0.335 e. The first-order chi connectivity index (χ1) is 11.2. The van der Waals surface area contributed by atoms with Crippen LogP contribution in [-0.4, -0.2) is 5.97 Å². The van der Waals surface area contributed by atoms with Crippen LogP contribution in [0.15, 0.2) is 36.1 Å². The molecule has 0 aliphatic rings. The van der Waals surface area contributed by atoms with E-state index in [1.54, 1.807) is 6.08 Å². The molecule has 0 aliphatic heterocycles. The second-order valence-electron chi connectivity index (χ2n) is 6.03. The van der Waals surface area contributed by atoms with Crippen LogP contribution >= 0.6 is 0 Å².